The minimum atomic E-state index is -4.77. The van der Waals surface area contributed by atoms with E-state index < -0.39 is 36.9 Å². The van der Waals surface area contributed by atoms with Crippen molar-refractivity contribution in [2.45, 2.75) is 25.2 Å². The van der Waals surface area contributed by atoms with Gasteiger partial charge >= 0.3 is 18.2 Å². The second-order valence-electron chi connectivity index (χ2n) is 4.63. The van der Waals surface area contributed by atoms with Crippen molar-refractivity contribution in [1.82, 2.24) is 10.1 Å². The van der Waals surface area contributed by atoms with E-state index >= 15 is 0 Å². The quantitative estimate of drug-likeness (QED) is 0.796. The number of rotatable bonds is 4. The summed E-state index contributed by atoms with van der Waals surface area (Å²) < 4.78 is 77.2. The molecule has 0 saturated heterocycles. The van der Waals surface area contributed by atoms with Gasteiger partial charge < -0.3 is 4.52 Å². The molecule has 124 valence electrons. The Morgan fingerprint density at radius 1 is 1.04 bits per heavy atom. The van der Waals surface area contributed by atoms with Gasteiger partial charge in [-0.15, -0.1) is 0 Å². The van der Waals surface area contributed by atoms with Crippen molar-refractivity contribution in [3.05, 3.63) is 35.7 Å². The van der Waals surface area contributed by atoms with E-state index in [2.05, 4.69) is 14.7 Å². The lowest BCUT2D eigenvalue weighted by atomic mass is 10.0. The Morgan fingerprint density at radius 3 is 2.13 bits per heavy atom. The first-order chi connectivity index (χ1) is 10.5. The largest absolute Gasteiger partial charge is 0.471 e. The van der Waals surface area contributed by atoms with Crippen LogP contribution in [0.1, 0.15) is 17.9 Å². The van der Waals surface area contributed by atoms with Gasteiger partial charge in [-0.1, -0.05) is 29.4 Å². The monoisotopic (exact) mass is 338 g/mol. The van der Waals surface area contributed by atoms with E-state index in [1.54, 1.807) is 0 Å². The molecule has 0 aliphatic heterocycles. The molecule has 0 aliphatic rings. The van der Waals surface area contributed by atoms with Gasteiger partial charge in [-0.25, -0.2) is 0 Å². The molecular weight excluding hydrogens is 330 g/mol. The van der Waals surface area contributed by atoms with Crippen molar-refractivity contribution in [2.75, 3.05) is 0 Å². The summed E-state index contributed by atoms with van der Waals surface area (Å²) in [5.74, 6) is -2.83. The second-order valence-corrected chi connectivity index (χ2v) is 4.63. The number of hydrogen-bond acceptors (Lipinski definition) is 4. The highest BCUT2D eigenvalue weighted by Gasteiger charge is 2.38. The van der Waals surface area contributed by atoms with Crippen molar-refractivity contribution in [3.63, 3.8) is 0 Å². The minimum Gasteiger partial charge on any atom is -0.329 e. The number of benzene rings is 1. The number of nitrogens with zero attached hydrogens (tertiary/aromatic N) is 2. The molecule has 0 N–H and O–H groups in total. The summed E-state index contributed by atoms with van der Waals surface area (Å²) in [7, 11) is 0. The Morgan fingerprint density at radius 2 is 1.65 bits per heavy atom. The predicted molar refractivity (Wildman–Crippen MR) is 64.1 cm³/mol. The van der Waals surface area contributed by atoms with Crippen LogP contribution in [0, 0.1) is 0 Å². The van der Waals surface area contributed by atoms with Crippen molar-refractivity contribution >= 4 is 5.78 Å². The van der Waals surface area contributed by atoms with Crippen molar-refractivity contribution in [1.29, 1.82) is 0 Å². The van der Waals surface area contributed by atoms with Crippen LogP contribution in [0.5, 0.6) is 0 Å². The maximum Gasteiger partial charge on any atom is 0.471 e. The second kappa shape index (κ2) is 6.01. The SMILES string of the molecule is O=C(Cc1ccc(-c2noc(C(F)(F)F)n2)cc1)CC(F)(F)F. The highest BCUT2D eigenvalue weighted by Crippen LogP contribution is 2.29. The van der Waals surface area contributed by atoms with Crippen LogP contribution in [0.4, 0.5) is 26.3 Å². The summed E-state index contributed by atoms with van der Waals surface area (Å²) in [5, 5.41) is 3.17. The van der Waals surface area contributed by atoms with E-state index in [1.807, 2.05) is 0 Å². The zero-order chi connectivity index (χ0) is 17.3. The Balaban J connectivity index is 2.08. The molecule has 0 spiro atoms. The molecule has 0 unspecified atom stereocenters. The van der Waals surface area contributed by atoms with Gasteiger partial charge in [0.25, 0.3) is 0 Å². The minimum absolute atomic E-state index is 0.177. The molecule has 1 aromatic carbocycles. The zero-order valence-corrected chi connectivity index (χ0v) is 11.2. The third-order valence-electron chi connectivity index (χ3n) is 2.68. The molecule has 0 fully saturated rings. The Hall–Kier alpha value is -2.39. The van der Waals surface area contributed by atoms with Crippen molar-refractivity contribution < 1.29 is 35.7 Å². The van der Waals surface area contributed by atoms with Gasteiger partial charge in [0.2, 0.25) is 5.82 Å². The fourth-order valence-electron chi connectivity index (χ4n) is 1.74. The van der Waals surface area contributed by atoms with Crippen LogP contribution in [0.2, 0.25) is 0 Å². The van der Waals surface area contributed by atoms with Gasteiger partial charge in [0.1, 0.15) is 12.2 Å². The van der Waals surface area contributed by atoms with Crippen LogP contribution in [0.3, 0.4) is 0 Å². The summed E-state index contributed by atoms with van der Waals surface area (Å²) in [6.45, 7) is 0. The Bertz CT molecular complexity index is 688. The molecule has 0 saturated carbocycles. The standard InChI is InChI=1S/C13H8F6N2O2/c14-12(15,16)6-9(22)5-7-1-3-8(4-2-7)10-20-11(23-21-10)13(17,18)19/h1-4H,5-6H2. The summed E-state index contributed by atoms with van der Waals surface area (Å²) in [6.07, 6.45) is -11.3. The first-order valence-corrected chi connectivity index (χ1v) is 6.13. The molecule has 0 aliphatic carbocycles. The van der Waals surface area contributed by atoms with Crippen LogP contribution in [-0.2, 0) is 17.4 Å². The number of carbonyl (C=O) groups excluding carboxylic acids is 1. The summed E-state index contributed by atoms with van der Waals surface area (Å²) in [4.78, 5) is 14.4. The van der Waals surface area contributed by atoms with Crippen LogP contribution in [0.25, 0.3) is 11.4 Å². The van der Waals surface area contributed by atoms with Crippen LogP contribution < -0.4 is 0 Å². The molecule has 0 amide bonds. The normalized spacial score (nSPS) is 12.4. The molecule has 23 heavy (non-hydrogen) atoms. The fraction of sp³-hybridized carbons (Fsp3) is 0.308. The van der Waals surface area contributed by atoms with Gasteiger partial charge in [-0.2, -0.15) is 31.3 Å². The van der Waals surface area contributed by atoms with Gasteiger partial charge in [-0.3, -0.25) is 4.79 Å². The Labute approximate surface area is 125 Å². The average molecular weight is 338 g/mol. The number of halogens is 6. The highest BCUT2D eigenvalue weighted by atomic mass is 19.4. The van der Waals surface area contributed by atoms with Gasteiger partial charge in [0, 0.05) is 12.0 Å². The first kappa shape index (κ1) is 17.0. The van der Waals surface area contributed by atoms with Crippen LogP contribution in [0.15, 0.2) is 28.8 Å². The van der Waals surface area contributed by atoms with E-state index in [9.17, 15) is 31.1 Å². The third-order valence-corrected chi connectivity index (χ3v) is 2.68. The van der Waals surface area contributed by atoms with Crippen LogP contribution in [-0.4, -0.2) is 22.1 Å². The van der Waals surface area contributed by atoms with Crippen molar-refractivity contribution in [2.24, 2.45) is 0 Å². The molecule has 4 nitrogen and oxygen atoms in total. The molecule has 10 heteroatoms. The molecule has 0 bridgehead atoms. The molecule has 0 atom stereocenters. The first-order valence-electron chi connectivity index (χ1n) is 6.13. The summed E-state index contributed by atoms with van der Waals surface area (Å²) >= 11 is 0. The van der Waals surface area contributed by atoms with Gasteiger partial charge in [0.05, 0.1) is 0 Å². The molecular formula is C13H8F6N2O2. The lowest BCUT2D eigenvalue weighted by Gasteiger charge is -2.05. The maximum absolute atomic E-state index is 12.3. The van der Waals surface area contributed by atoms with Gasteiger partial charge in [-0.05, 0) is 5.56 Å². The molecule has 1 heterocycles. The summed E-state index contributed by atoms with van der Waals surface area (Å²) in [5.41, 5.74) is 0.471. The van der Waals surface area contributed by atoms with E-state index in [-0.39, 0.29) is 11.4 Å². The average Bonchev–Trinajstić information content (AvgIpc) is 2.86. The lowest BCUT2D eigenvalue weighted by molar-refractivity contribution is -0.159. The predicted octanol–water partition coefficient (Wildman–Crippen LogP) is 3.82. The molecule has 1 aromatic heterocycles. The molecule has 0 radical (unpaired) electrons. The Kier molecular flexibility index (Phi) is 4.44. The van der Waals surface area contributed by atoms with Crippen molar-refractivity contribution in [3.8, 4) is 11.4 Å². The molecule has 2 rings (SSSR count). The number of Topliss-reactive ketones (excluding diaryl/α,β-unsaturated/α-hetero) is 1. The number of alkyl halides is 6. The van der Waals surface area contributed by atoms with Crippen LogP contribution >= 0.6 is 0 Å². The topological polar surface area (TPSA) is 56.0 Å². The maximum atomic E-state index is 12.3. The smallest absolute Gasteiger partial charge is 0.329 e. The van der Waals surface area contributed by atoms with Gasteiger partial charge in [0.15, 0.2) is 0 Å². The molecule has 2 aromatic rings. The number of ketones is 1. The number of carbonyl (C=O) groups is 1. The number of aromatic nitrogens is 2. The highest BCUT2D eigenvalue weighted by molar-refractivity contribution is 5.81. The van der Waals surface area contributed by atoms with E-state index in [1.165, 1.54) is 24.3 Å². The lowest BCUT2D eigenvalue weighted by Crippen LogP contribution is -2.16. The van der Waals surface area contributed by atoms with E-state index in [0.717, 1.165) is 0 Å². The number of hydrogen-bond donors (Lipinski definition) is 0. The van der Waals surface area contributed by atoms with E-state index in [0.29, 0.717) is 5.56 Å². The van der Waals surface area contributed by atoms with E-state index in [4.69, 9.17) is 0 Å². The third kappa shape index (κ3) is 4.80. The zero-order valence-electron chi connectivity index (χ0n) is 11.2. The fourth-order valence-corrected chi connectivity index (χ4v) is 1.74. The summed E-state index contributed by atoms with van der Waals surface area (Å²) in [6, 6.07) is 5.21.